The number of hydrogen-bond acceptors (Lipinski definition) is 4. The molecule has 0 bridgehead atoms. The van der Waals surface area contributed by atoms with E-state index in [-0.39, 0.29) is 47.9 Å². The number of carbonyl (C=O) groups excluding carboxylic acids is 1. The molecular formula is C21H40NNaO4S. The van der Waals surface area contributed by atoms with Gasteiger partial charge >= 0.3 is 29.6 Å². The molecule has 0 radical (unpaired) electrons. The van der Waals surface area contributed by atoms with Crippen LogP contribution in [0.3, 0.4) is 0 Å². The van der Waals surface area contributed by atoms with Crippen LogP contribution in [-0.2, 0) is 14.9 Å². The molecule has 1 N–H and O–H groups in total. The van der Waals surface area contributed by atoms with E-state index in [0.717, 1.165) is 25.7 Å². The minimum Gasteiger partial charge on any atom is -0.748 e. The SMILES string of the molecule is CCCCCCCC/C=C\CCCCCCC(C)C(=O)NCCS(=O)(=O)[O-].[Na+]. The number of carbonyl (C=O) groups is 1. The molecule has 5 nitrogen and oxygen atoms in total. The summed E-state index contributed by atoms with van der Waals surface area (Å²) >= 11 is 0. The summed E-state index contributed by atoms with van der Waals surface area (Å²) in [5.74, 6) is -0.856. The van der Waals surface area contributed by atoms with Crippen LogP contribution in [0.15, 0.2) is 12.2 Å². The van der Waals surface area contributed by atoms with E-state index in [0.29, 0.717) is 0 Å². The van der Waals surface area contributed by atoms with Gasteiger partial charge in [-0.2, -0.15) is 0 Å². The Labute approximate surface area is 195 Å². The molecule has 28 heavy (non-hydrogen) atoms. The smallest absolute Gasteiger partial charge is 0.748 e. The molecule has 0 aromatic heterocycles. The van der Waals surface area contributed by atoms with Gasteiger partial charge in [0.15, 0.2) is 0 Å². The van der Waals surface area contributed by atoms with Gasteiger partial charge in [0.25, 0.3) is 0 Å². The molecule has 0 aliphatic carbocycles. The molecule has 0 rings (SSSR count). The fraction of sp³-hybridized carbons (Fsp3) is 0.857. The van der Waals surface area contributed by atoms with Gasteiger partial charge in [0.05, 0.1) is 15.9 Å². The minimum absolute atomic E-state index is 0. The topological polar surface area (TPSA) is 86.3 Å². The van der Waals surface area contributed by atoms with Crippen LogP contribution < -0.4 is 34.9 Å². The van der Waals surface area contributed by atoms with E-state index in [2.05, 4.69) is 24.4 Å². The molecule has 1 atom stereocenters. The van der Waals surface area contributed by atoms with Crippen molar-refractivity contribution in [3.05, 3.63) is 12.2 Å². The molecule has 0 aliphatic rings. The summed E-state index contributed by atoms with van der Waals surface area (Å²) in [6.45, 7) is 3.99. The average molecular weight is 426 g/mol. The van der Waals surface area contributed by atoms with Gasteiger partial charge in [-0.3, -0.25) is 4.79 Å². The van der Waals surface area contributed by atoms with Gasteiger partial charge in [-0.15, -0.1) is 0 Å². The summed E-state index contributed by atoms with van der Waals surface area (Å²) in [7, 11) is -4.26. The Morgan fingerprint density at radius 1 is 0.929 bits per heavy atom. The summed E-state index contributed by atoms with van der Waals surface area (Å²) in [6.07, 6.45) is 20.3. The fourth-order valence-electron chi connectivity index (χ4n) is 2.95. The van der Waals surface area contributed by atoms with E-state index < -0.39 is 15.9 Å². The summed E-state index contributed by atoms with van der Waals surface area (Å²) in [4.78, 5) is 11.8. The van der Waals surface area contributed by atoms with Gasteiger partial charge in [-0.25, -0.2) is 8.42 Å². The van der Waals surface area contributed by atoms with Crippen LogP contribution in [0.25, 0.3) is 0 Å². The largest absolute Gasteiger partial charge is 1.00 e. The van der Waals surface area contributed by atoms with Gasteiger partial charge in [-0.1, -0.05) is 77.4 Å². The molecule has 0 fully saturated rings. The van der Waals surface area contributed by atoms with Crippen molar-refractivity contribution < 1.29 is 47.3 Å². The van der Waals surface area contributed by atoms with Crippen LogP contribution in [-0.4, -0.2) is 31.2 Å². The quantitative estimate of drug-likeness (QED) is 0.157. The van der Waals surface area contributed by atoms with Crippen molar-refractivity contribution >= 4 is 16.0 Å². The van der Waals surface area contributed by atoms with E-state index in [9.17, 15) is 17.8 Å². The van der Waals surface area contributed by atoms with Crippen molar-refractivity contribution in [1.82, 2.24) is 5.32 Å². The molecule has 160 valence electrons. The van der Waals surface area contributed by atoms with Crippen molar-refractivity contribution in [2.75, 3.05) is 12.3 Å². The number of rotatable bonds is 18. The minimum atomic E-state index is -4.26. The molecular weight excluding hydrogens is 385 g/mol. The van der Waals surface area contributed by atoms with Crippen LogP contribution >= 0.6 is 0 Å². The summed E-state index contributed by atoms with van der Waals surface area (Å²) < 4.78 is 31.5. The van der Waals surface area contributed by atoms with Crippen molar-refractivity contribution in [2.45, 2.75) is 97.3 Å². The van der Waals surface area contributed by atoms with Crippen LogP contribution in [0.1, 0.15) is 97.3 Å². The third-order valence-electron chi connectivity index (χ3n) is 4.75. The van der Waals surface area contributed by atoms with Crippen LogP contribution in [0, 0.1) is 5.92 Å². The van der Waals surface area contributed by atoms with Gasteiger partial charge < -0.3 is 9.87 Å². The zero-order valence-corrected chi connectivity index (χ0v) is 21.2. The Balaban J connectivity index is 0. The zero-order valence-electron chi connectivity index (χ0n) is 18.4. The second-order valence-electron chi connectivity index (χ2n) is 7.47. The van der Waals surface area contributed by atoms with E-state index in [1.807, 2.05) is 6.92 Å². The van der Waals surface area contributed by atoms with E-state index in [1.54, 1.807) is 0 Å². The molecule has 0 heterocycles. The first kappa shape index (κ1) is 30.3. The number of allylic oxidation sites excluding steroid dienone is 2. The standard InChI is InChI=1S/C21H41NO4S.Na/c1-3-4-5-6-7-8-9-10-11-12-13-14-15-16-17-20(2)21(23)22-18-19-27(24,25)26;/h10-11,20H,3-9,12-19H2,1-2H3,(H,22,23)(H,24,25,26);/q;+1/p-1/b11-10-;. The molecule has 1 unspecified atom stereocenters. The van der Waals surface area contributed by atoms with Crippen LogP contribution in [0.2, 0.25) is 0 Å². The zero-order chi connectivity index (χ0) is 20.4. The monoisotopic (exact) mass is 425 g/mol. The molecule has 0 aromatic rings. The molecule has 0 aromatic carbocycles. The Hall–Kier alpha value is 0.120. The summed E-state index contributed by atoms with van der Waals surface area (Å²) in [5, 5.41) is 2.51. The van der Waals surface area contributed by atoms with Gasteiger partial charge in [-0.05, 0) is 32.1 Å². The number of amides is 1. The Kier molecular flexibility index (Phi) is 22.1. The third-order valence-corrected chi connectivity index (χ3v) is 5.45. The first-order chi connectivity index (χ1) is 12.9. The fourth-order valence-corrected chi connectivity index (χ4v) is 3.30. The maximum atomic E-state index is 11.8. The summed E-state index contributed by atoms with van der Waals surface area (Å²) in [6, 6.07) is 0. The molecule has 1 amide bonds. The number of hydrogen-bond donors (Lipinski definition) is 1. The molecule has 0 spiro atoms. The second kappa shape index (κ2) is 20.4. The average Bonchev–Trinajstić information content (AvgIpc) is 2.60. The maximum Gasteiger partial charge on any atom is 1.00 e. The van der Waals surface area contributed by atoms with E-state index in [1.165, 1.54) is 57.8 Å². The Morgan fingerprint density at radius 2 is 1.43 bits per heavy atom. The third kappa shape index (κ3) is 22.4. The maximum absolute atomic E-state index is 11.8. The van der Waals surface area contributed by atoms with Gasteiger partial charge in [0, 0.05) is 12.5 Å². The Bertz CT molecular complexity index is 495. The first-order valence-electron chi connectivity index (χ1n) is 10.7. The van der Waals surface area contributed by atoms with Crippen molar-refractivity contribution in [3.63, 3.8) is 0 Å². The molecule has 0 saturated carbocycles. The van der Waals surface area contributed by atoms with Gasteiger partial charge in [0.1, 0.15) is 0 Å². The van der Waals surface area contributed by atoms with Crippen LogP contribution in [0.5, 0.6) is 0 Å². The molecule has 0 aliphatic heterocycles. The Morgan fingerprint density at radius 3 is 1.96 bits per heavy atom. The van der Waals surface area contributed by atoms with Gasteiger partial charge in [0.2, 0.25) is 5.91 Å². The normalized spacial score (nSPS) is 12.7. The van der Waals surface area contributed by atoms with Crippen molar-refractivity contribution in [3.8, 4) is 0 Å². The second-order valence-corrected chi connectivity index (χ2v) is 9.00. The molecule has 0 saturated heterocycles. The van der Waals surface area contributed by atoms with Crippen molar-refractivity contribution in [1.29, 1.82) is 0 Å². The predicted molar refractivity (Wildman–Crippen MR) is 112 cm³/mol. The summed E-state index contributed by atoms with van der Waals surface area (Å²) in [5.41, 5.74) is 0. The van der Waals surface area contributed by atoms with Crippen molar-refractivity contribution in [2.24, 2.45) is 5.92 Å². The predicted octanol–water partition coefficient (Wildman–Crippen LogP) is 1.94. The van der Waals surface area contributed by atoms with E-state index in [4.69, 9.17) is 0 Å². The first-order valence-corrected chi connectivity index (χ1v) is 12.3. The number of unbranched alkanes of at least 4 members (excludes halogenated alkanes) is 10. The molecule has 7 heteroatoms. The van der Waals surface area contributed by atoms with E-state index >= 15 is 0 Å². The number of nitrogens with one attached hydrogen (secondary N) is 1. The van der Waals surface area contributed by atoms with Crippen LogP contribution in [0.4, 0.5) is 0 Å².